The molecule has 2 saturated heterocycles. The Morgan fingerprint density at radius 2 is 1.64 bits per heavy atom. The molecule has 6 rings (SSSR count). The van der Waals surface area contributed by atoms with E-state index in [0.717, 1.165) is 24.2 Å². The standard InChI is InChI=1S/C27H28F3N7O2/c28-27(29,30)16-36-12-9-22-23(15-36)34-24(35-25(22)37-13-20-5-6-21(14-37)39-20)17-1-3-18(4-2-17)32-26(38)33-19-7-10-31-11-8-19/h1-4,7-8,10-11,20-21H,5-6,9,12-16H2,(H2,31,32,33,38). The number of amides is 2. The van der Waals surface area contributed by atoms with E-state index in [1.54, 1.807) is 48.8 Å². The van der Waals surface area contributed by atoms with Crippen LogP contribution >= 0.6 is 0 Å². The smallest absolute Gasteiger partial charge is 0.371 e. The van der Waals surface area contributed by atoms with Crippen LogP contribution in [0.5, 0.6) is 0 Å². The zero-order valence-corrected chi connectivity index (χ0v) is 21.1. The number of ether oxygens (including phenoxy) is 1. The lowest BCUT2D eigenvalue weighted by Crippen LogP contribution is -2.45. The van der Waals surface area contributed by atoms with Crippen LogP contribution in [0.15, 0.2) is 48.8 Å². The van der Waals surface area contributed by atoms with Gasteiger partial charge in [0.2, 0.25) is 0 Å². The molecule has 2 unspecified atom stereocenters. The Bertz CT molecular complexity index is 1330. The van der Waals surface area contributed by atoms with E-state index in [2.05, 4.69) is 20.5 Å². The van der Waals surface area contributed by atoms with Crippen LogP contribution in [0.1, 0.15) is 24.1 Å². The lowest BCUT2D eigenvalue weighted by atomic mass is 10.0. The van der Waals surface area contributed by atoms with Crippen molar-refractivity contribution in [3.63, 3.8) is 0 Å². The zero-order valence-electron chi connectivity index (χ0n) is 21.1. The molecule has 3 aliphatic rings. The van der Waals surface area contributed by atoms with E-state index in [9.17, 15) is 18.0 Å². The van der Waals surface area contributed by atoms with Crippen LogP contribution in [-0.2, 0) is 17.7 Å². The van der Waals surface area contributed by atoms with Gasteiger partial charge in [-0.1, -0.05) is 0 Å². The minimum absolute atomic E-state index is 0.114. The Morgan fingerprint density at radius 1 is 0.974 bits per heavy atom. The molecule has 9 nitrogen and oxygen atoms in total. The first-order valence-electron chi connectivity index (χ1n) is 13.0. The Hall–Kier alpha value is -3.77. The lowest BCUT2D eigenvalue weighted by molar-refractivity contribution is -0.147. The molecule has 0 saturated carbocycles. The summed E-state index contributed by atoms with van der Waals surface area (Å²) in [5, 5.41) is 5.51. The summed E-state index contributed by atoms with van der Waals surface area (Å²) in [6, 6.07) is 10.1. The van der Waals surface area contributed by atoms with Gasteiger partial charge < -0.3 is 20.3 Å². The van der Waals surface area contributed by atoms with E-state index in [-0.39, 0.29) is 18.8 Å². The fourth-order valence-corrected chi connectivity index (χ4v) is 5.46. The summed E-state index contributed by atoms with van der Waals surface area (Å²) < 4.78 is 45.4. The second-order valence-electron chi connectivity index (χ2n) is 10.1. The monoisotopic (exact) mass is 539 g/mol. The summed E-state index contributed by atoms with van der Waals surface area (Å²) in [6.45, 7) is 0.873. The molecular weight excluding hydrogens is 511 g/mol. The van der Waals surface area contributed by atoms with Gasteiger partial charge >= 0.3 is 12.2 Å². The Balaban J connectivity index is 1.25. The van der Waals surface area contributed by atoms with Gasteiger partial charge in [0, 0.05) is 61.1 Å². The largest absolute Gasteiger partial charge is 0.401 e. The van der Waals surface area contributed by atoms with Gasteiger partial charge in [0.05, 0.1) is 24.4 Å². The molecule has 12 heteroatoms. The molecule has 5 heterocycles. The summed E-state index contributed by atoms with van der Waals surface area (Å²) in [5.41, 5.74) is 3.45. The molecule has 1 aromatic carbocycles. The fraction of sp³-hybridized carbons (Fsp3) is 0.407. The highest BCUT2D eigenvalue weighted by Gasteiger charge is 2.37. The molecule has 2 fully saturated rings. The van der Waals surface area contributed by atoms with Gasteiger partial charge in [0.1, 0.15) is 5.82 Å². The maximum absolute atomic E-state index is 13.1. The zero-order chi connectivity index (χ0) is 27.0. The van der Waals surface area contributed by atoms with Crippen molar-refractivity contribution >= 4 is 23.2 Å². The number of fused-ring (bicyclic) bond motifs is 3. The number of nitrogens with zero attached hydrogens (tertiary/aromatic N) is 5. The van der Waals surface area contributed by atoms with Crippen LogP contribution < -0.4 is 15.5 Å². The second kappa shape index (κ2) is 10.4. The van der Waals surface area contributed by atoms with Crippen molar-refractivity contribution in [2.24, 2.45) is 0 Å². The summed E-state index contributed by atoms with van der Waals surface area (Å²) in [6.07, 6.45) is 1.66. The first-order valence-corrected chi connectivity index (χ1v) is 13.0. The Labute approximate surface area is 223 Å². The number of urea groups is 1. The van der Waals surface area contributed by atoms with Crippen molar-refractivity contribution in [2.45, 2.75) is 44.2 Å². The number of alkyl halides is 3. The number of hydrogen-bond acceptors (Lipinski definition) is 7. The van der Waals surface area contributed by atoms with Crippen LogP contribution in [0.25, 0.3) is 11.4 Å². The van der Waals surface area contributed by atoms with Crippen LogP contribution in [-0.4, -0.2) is 70.4 Å². The van der Waals surface area contributed by atoms with Gasteiger partial charge in [-0.3, -0.25) is 9.88 Å². The SMILES string of the molecule is O=C(Nc1ccncc1)Nc1ccc(-c2nc3c(c(N4CC5CCC(C4)O5)n2)CCN(CC(F)(F)F)C3)cc1. The van der Waals surface area contributed by atoms with Crippen LogP contribution in [0.3, 0.4) is 0 Å². The first-order chi connectivity index (χ1) is 18.8. The number of hydrogen-bond donors (Lipinski definition) is 2. The molecule has 204 valence electrons. The molecule has 0 spiro atoms. The molecule has 39 heavy (non-hydrogen) atoms. The number of carbonyl (C=O) groups excluding carboxylic acids is 1. The molecule has 0 aliphatic carbocycles. The molecule has 0 radical (unpaired) electrons. The number of halogens is 3. The molecule has 3 aromatic rings. The maximum atomic E-state index is 13.1. The maximum Gasteiger partial charge on any atom is 0.401 e. The number of morpholine rings is 1. The van der Waals surface area contributed by atoms with Crippen molar-refractivity contribution in [3.05, 3.63) is 60.0 Å². The van der Waals surface area contributed by atoms with Crippen molar-refractivity contribution < 1.29 is 22.7 Å². The number of pyridine rings is 1. The first kappa shape index (κ1) is 25.5. The Kier molecular flexibility index (Phi) is 6.81. The van der Waals surface area contributed by atoms with Gasteiger partial charge in [0.15, 0.2) is 5.82 Å². The number of aromatic nitrogens is 3. The molecule has 2 atom stereocenters. The van der Waals surface area contributed by atoms with E-state index in [1.807, 2.05) is 0 Å². The van der Waals surface area contributed by atoms with Crippen LogP contribution in [0.2, 0.25) is 0 Å². The number of anilines is 3. The van der Waals surface area contributed by atoms with E-state index in [4.69, 9.17) is 14.7 Å². The van der Waals surface area contributed by atoms with Crippen molar-refractivity contribution in [3.8, 4) is 11.4 Å². The number of carbonyl (C=O) groups is 1. The fourth-order valence-electron chi connectivity index (χ4n) is 5.46. The predicted molar refractivity (Wildman–Crippen MR) is 139 cm³/mol. The third-order valence-corrected chi connectivity index (χ3v) is 7.21. The highest BCUT2D eigenvalue weighted by atomic mass is 19.4. The highest BCUT2D eigenvalue weighted by molar-refractivity contribution is 5.99. The summed E-state index contributed by atoms with van der Waals surface area (Å²) in [7, 11) is 0. The molecule has 2 aromatic heterocycles. The van der Waals surface area contributed by atoms with Gasteiger partial charge in [0.25, 0.3) is 0 Å². The lowest BCUT2D eigenvalue weighted by Gasteiger charge is -2.36. The van der Waals surface area contributed by atoms with E-state index in [0.29, 0.717) is 54.5 Å². The van der Waals surface area contributed by atoms with Gasteiger partial charge in [-0.2, -0.15) is 13.2 Å². The van der Waals surface area contributed by atoms with Crippen molar-refractivity contribution in [2.75, 3.05) is 41.7 Å². The average molecular weight is 540 g/mol. The van der Waals surface area contributed by atoms with Gasteiger partial charge in [-0.25, -0.2) is 14.8 Å². The average Bonchev–Trinajstić information content (AvgIpc) is 3.25. The number of benzene rings is 1. The third kappa shape index (κ3) is 5.96. The minimum Gasteiger partial charge on any atom is -0.371 e. The quantitative estimate of drug-likeness (QED) is 0.494. The molecule has 2 bridgehead atoms. The van der Waals surface area contributed by atoms with E-state index >= 15 is 0 Å². The minimum atomic E-state index is -4.27. The van der Waals surface area contributed by atoms with Crippen LogP contribution in [0, 0.1) is 0 Å². The van der Waals surface area contributed by atoms with Crippen LogP contribution in [0.4, 0.5) is 35.2 Å². The van der Waals surface area contributed by atoms with Crippen molar-refractivity contribution in [1.82, 2.24) is 19.9 Å². The normalized spacial score (nSPS) is 20.9. The molecule has 2 N–H and O–H groups in total. The third-order valence-electron chi connectivity index (χ3n) is 7.21. The number of nitrogens with one attached hydrogen (secondary N) is 2. The Morgan fingerprint density at radius 3 is 2.31 bits per heavy atom. The molecular formula is C27H28F3N7O2. The molecule has 2 amide bonds. The van der Waals surface area contributed by atoms with Gasteiger partial charge in [-0.05, 0) is 55.7 Å². The summed E-state index contributed by atoms with van der Waals surface area (Å²) >= 11 is 0. The van der Waals surface area contributed by atoms with E-state index in [1.165, 1.54) is 4.90 Å². The molecule has 3 aliphatic heterocycles. The van der Waals surface area contributed by atoms with Crippen molar-refractivity contribution in [1.29, 1.82) is 0 Å². The number of rotatable bonds is 5. The topological polar surface area (TPSA) is 95.5 Å². The van der Waals surface area contributed by atoms with E-state index < -0.39 is 18.8 Å². The predicted octanol–water partition coefficient (Wildman–Crippen LogP) is 4.47. The second-order valence-corrected chi connectivity index (χ2v) is 10.1. The summed E-state index contributed by atoms with van der Waals surface area (Å²) in [4.78, 5) is 29.5. The summed E-state index contributed by atoms with van der Waals surface area (Å²) in [5.74, 6) is 1.24. The van der Waals surface area contributed by atoms with Gasteiger partial charge in [-0.15, -0.1) is 0 Å². The highest BCUT2D eigenvalue weighted by Crippen LogP contribution is 2.35.